The standard InChI is InChI=1S/C16H26ClNO2S/c1-4-10-18-12-14(9-11-21(19,20)13(2)3)15-7-5-6-8-16(15)17/h5-8,13-14,18H,4,9-12H2,1-3H3. The lowest BCUT2D eigenvalue weighted by molar-refractivity contribution is 0.551. The molecule has 0 fully saturated rings. The molecule has 0 saturated heterocycles. The molecule has 1 N–H and O–H groups in total. The predicted octanol–water partition coefficient (Wildman–Crippen LogP) is 3.64. The third-order valence-electron chi connectivity index (χ3n) is 3.63. The van der Waals surface area contributed by atoms with Gasteiger partial charge in [-0.05, 0) is 50.8 Å². The van der Waals surface area contributed by atoms with Crippen LogP contribution in [0.25, 0.3) is 0 Å². The van der Waals surface area contributed by atoms with Crippen LogP contribution in [0.1, 0.15) is 45.1 Å². The van der Waals surface area contributed by atoms with E-state index in [-0.39, 0.29) is 16.9 Å². The summed E-state index contributed by atoms with van der Waals surface area (Å²) in [4.78, 5) is 0. The average Bonchev–Trinajstić information content (AvgIpc) is 2.43. The maximum absolute atomic E-state index is 12.0. The molecule has 0 heterocycles. The van der Waals surface area contributed by atoms with Crippen LogP contribution in [0.15, 0.2) is 24.3 Å². The largest absolute Gasteiger partial charge is 0.316 e. The summed E-state index contributed by atoms with van der Waals surface area (Å²) in [5, 5.41) is 3.76. The highest BCUT2D eigenvalue weighted by Gasteiger charge is 2.21. The topological polar surface area (TPSA) is 46.2 Å². The maximum Gasteiger partial charge on any atom is 0.152 e. The Hall–Kier alpha value is -0.580. The van der Waals surface area contributed by atoms with Crippen LogP contribution in [0.2, 0.25) is 5.02 Å². The van der Waals surface area contributed by atoms with Gasteiger partial charge < -0.3 is 5.32 Å². The molecule has 3 nitrogen and oxygen atoms in total. The van der Waals surface area contributed by atoms with Crippen molar-refractivity contribution in [2.24, 2.45) is 0 Å². The number of hydrogen-bond donors (Lipinski definition) is 1. The first kappa shape index (κ1) is 18.5. The Labute approximate surface area is 134 Å². The lowest BCUT2D eigenvalue weighted by Crippen LogP contribution is -2.26. The molecular formula is C16H26ClNO2S. The molecule has 0 aromatic heterocycles. The molecule has 0 radical (unpaired) electrons. The fraction of sp³-hybridized carbons (Fsp3) is 0.625. The van der Waals surface area contributed by atoms with E-state index < -0.39 is 9.84 Å². The van der Waals surface area contributed by atoms with Crippen molar-refractivity contribution < 1.29 is 8.42 Å². The number of nitrogens with one attached hydrogen (secondary N) is 1. The molecule has 0 aliphatic rings. The summed E-state index contributed by atoms with van der Waals surface area (Å²) in [7, 11) is -3.02. The molecule has 1 aromatic carbocycles. The van der Waals surface area contributed by atoms with Gasteiger partial charge in [0.05, 0.1) is 11.0 Å². The first-order valence-corrected chi connectivity index (χ1v) is 9.64. The van der Waals surface area contributed by atoms with Crippen LogP contribution < -0.4 is 5.32 Å². The molecule has 0 amide bonds. The Morgan fingerprint density at radius 1 is 1.24 bits per heavy atom. The fourth-order valence-electron chi connectivity index (χ4n) is 2.17. The predicted molar refractivity (Wildman–Crippen MR) is 90.9 cm³/mol. The number of rotatable bonds is 9. The van der Waals surface area contributed by atoms with Crippen molar-refractivity contribution in [2.45, 2.75) is 44.8 Å². The second kappa shape index (κ2) is 8.76. The lowest BCUT2D eigenvalue weighted by atomic mass is 9.96. The maximum atomic E-state index is 12.0. The summed E-state index contributed by atoms with van der Waals surface area (Å²) in [6, 6.07) is 7.70. The minimum absolute atomic E-state index is 0.124. The zero-order valence-electron chi connectivity index (χ0n) is 13.1. The lowest BCUT2D eigenvalue weighted by Gasteiger charge is -2.20. The quantitative estimate of drug-likeness (QED) is 0.703. The van der Waals surface area contributed by atoms with Crippen LogP contribution in [-0.2, 0) is 9.84 Å². The summed E-state index contributed by atoms with van der Waals surface area (Å²) in [5.74, 6) is 0.327. The highest BCUT2D eigenvalue weighted by molar-refractivity contribution is 7.91. The second-order valence-corrected chi connectivity index (χ2v) is 8.71. The minimum atomic E-state index is -3.02. The highest BCUT2D eigenvalue weighted by atomic mass is 35.5. The van der Waals surface area contributed by atoms with E-state index in [4.69, 9.17) is 11.6 Å². The van der Waals surface area contributed by atoms with Gasteiger partial charge in [0.25, 0.3) is 0 Å². The molecule has 1 unspecified atom stereocenters. The normalized spacial score (nSPS) is 13.6. The van der Waals surface area contributed by atoms with Crippen LogP contribution >= 0.6 is 11.6 Å². The third-order valence-corrected chi connectivity index (χ3v) is 6.22. The van der Waals surface area contributed by atoms with Crippen molar-refractivity contribution in [3.05, 3.63) is 34.9 Å². The Morgan fingerprint density at radius 2 is 1.90 bits per heavy atom. The molecule has 21 heavy (non-hydrogen) atoms. The fourth-order valence-corrected chi connectivity index (χ4v) is 3.54. The van der Waals surface area contributed by atoms with Crippen molar-refractivity contribution in [1.29, 1.82) is 0 Å². The number of sulfone groups is 1. The van der Waals surface area contributed by atoms with Crippen molar-refractivity contribution >= 4 is 21.4 Å². The molecule has 1 aromatic rings. The highest BCUT2D eigenvalue weighted by Crippen LogP contribution is 2.27. The molecular weight excluding hydrogens is 306 g/mol. The summed E-state index contributed by atoms with van der Waals surface area (Å²) in [6.07, 6.45) is 1.65. The van der Waals surface area contributed by atoms with E-state index in [1.54, 1.807) is 13.8 Å². The number of halogens is 1. The van der Waals surface area contributed by atoms with Crippen LogP contribution in [0.5, 0.6) is 0 Å². The first-order valence-electron chi connectivity index (χ1n) is 7.55. The molecule has 0 spiro atoms. The summed E-state index contributed by atoms with van der Waals surface area (Å²) < 4.78 is 24.1. The molecule has 0 saturated carbocycles. The van der Waals surface area contributed by atoms with Crippen LogP contribution in [0, 0.1) is 0 Å². The van der Waals surface area contributed by atoms with E-state index >= 15 is 0 Å². The van der Waals surface area contributed by atoms with Crippen LogP contribution in [-0.4, -0.2) is 32.5 Å². The van der Waals surface area contributed by atoms with E-state index in [1.165, 1.54) is 0 Å². The van der Waals surface area contributed by atoms with Gasteiger partial charge in [0.15, 0.2) is 9.84 Å². The minimum Gasteiger partial charge on any atom is -0.316 e. The molecule has 1 atom stereocenters. The van der Waals surface area contributed by atoms with Crippen molar-refractivity contribution in [3.8, 4) is 0 Å². The van der Waals surface area contributed by atoms with Gasteiger partial charge in [0.1, 0.15) is 0 Å². The Bertz CT molecular complexity index is 529. The van der Waals surface area contributed by atoms with Crippen LogP contribution in [0.3, 0.4) is 0 Å². The summed E-state index contributed by atoms with van der Waals surface area (Å²) >= 11 is 6.27. The number of hydrogen-bond acceptors (Lipinski definition) is 3. The molecule has 0 aliphatic carbocycles. The smallest absolute Gasteiger partial charge is 0.152 e. The molecule has 0 bridgehead atoms. The number of benzene rings is 1. The second-order valence-electron chi connectivity index (χ2n) is 5.63. The van der Waals surface area contributed by atoms with E-state index in [0.29, 0.717) is 11.4 Å². The molecule has 5 heteroatoms. The van der Waals surface area contributed by atoms with E-state index in [0.717, 1.165) is 25.1 Å². The SMILES string of the molecule is CCCNCC(CCS(=O)(=O)C(C)C)c1ccccc1Cl. The van der Waals surface area contributed by atoms with Gasteiger partial charge in [-0.15, -0.1) is 0 Å². The van der Waals surface area contributed by atoms with Crippen molar-refractivity contribution in [3.63, 3.8) is 0 Å². The first-order chi connectivity index (χ1) is 9.88. The van der Waals surface area contributed by atoms with Gasteiger partial charge in [0, 0.05) is 11.6 Å². The Morgan fingerprint density at radius 3 is 2.48 bits per heavy atom. The third kappa shape index (κ3) is 5.97. The molecule has 0 aliphatic heterocycles. The Balaban J connectivity index is 2.81. The van der Waals surface area contributed by atoms with Gasteiger partial charge in [0.2, 0.25) is 0 Å². The molecule has 120 valence electrons. The van der Waals surface area contributed by atoms with Gasteiger partial charge in [-0.1, -0.05) is 36.7 Å². The monoisotopic (exact) mass is 331 g/mol. The van der Waals surface area contributed by atoms with Gasteiger partial charge in [-0.3, -0.25) is 0 Å². The van der Waals surface area contributed by atoms with Crippen molar-refractivity contribution in [2.75, 3.05) is 18.8 Å². The Kier molecular flexibility index (Phi) is 7.71. The molecule has 1 rings (SSSR count). The van der Waals surface area contributed by atoms with E-state index in [1.807, 2.05) is 24.3 Å². The summed E-state index contributed by atoms with van der Waals surface area (Å²) in [6.45, 7) is 7.26. The van der Waals surface area contributed by atoms with E-state index in [9.17, 15) is 8.42 Å². The summed E-state index contributed by atoms with van der Waals surface area (Å²) in [5.41, 5.74) is 1.03. The van der Waals surface area contributed by atoms with E-state index in [2.05, 4.69) is 12.2 Å². The van der Waals surface area contributed by atoms with Gasteiger partial charge >= 0.3 is 0 Å². The van der Waals surface area contributed by atoms with Crippen LogP contribution in [0.4, 0.5) is 0 Å². The van der Waals surface area contributed by atoms with Gasteiger partial charge in [-0.25, -0.2) is 8.42 Å². The zero-order valence-corrected chi connectivity index (χ0v) is 14.7. The van der Waals surface area contributed by atoms with Crippen molar-refractivity contribution in [1.82, 2.24) is 5.32 Å². The van der Waals surface area contributed by atoms with Gasteiger partial charge in [-0.2, -0.15) is 0 Å². The zero-order chi connectivity index (χ0) is 15.9. The average molecular weight is 332 g/mol.